The summed E-state index contributed by atoms with van der Waals surface area (Å²) in [4.78, 5) is 11.8. The van der Waals surface area contributed by atoms with Crippen LogP contribution in [0.25, 0.3) is 0 Å². The van der Waals surface area contributed by atoms with Crippen LogP contribution in [0.3, 0.4) is 0 Å². The average Bonchev–Trinajstić information content (AvgIpc) is 2.26. The first-order valence-corrected chi connectivity index (χ1v) is 6.45. The SMILES string of the molecule is CCCC(CSc1ccccc1C)[N+](=O)[O-]. The highest BCUT2D eigenvalue weighted by Gasteiger charge is 2.19. The smallest absolute Gasteiger partial charge is 0.222 e. The molecule has 3 nitrogen and oxygen atoms in total. The predicted molar refractivity (Wildman–Crippen MR) is 67.6 cm³/mol. The maximum atomic E-state index is 10.8. The molecule has 0 aromatic heterocycles. The van der Waals surface area contributed by atoms with Gasteiger partial charge in [0, 0.05) is 16.2 Å². The van der Waals surface area contributed by atoms with E-state index in [4.69, 9.17) is 0 Å². The first kappa shape index (κ1) is 13.0. The summed E-state index contributed by atoms with van der Waals surface area (Å²) in [5.41, 5.74) is 1.19. The topological polar surface area (TPSA) is 43.1 Å². The zero-order chi connectivity index (χ0) is 12.0. The Labute approximate surface area is 100 Å². The molecule has 0 radical (unpaired) electrons. The number of hydrogen-bond acceptors (Lipinski definition) is 3. The third kappa shape index (κ3) is 3.85. The van der Waals surface area contributed by atoms with Crippen molar-refractivity contribution in [2.75, 3.05) is 5.75 Å². The second-order valence-electron chi connectivity index (χ2n) is 3.80. The summed E-state index contributed by atoms with van der Waals surface area (Å²) in [5, 5.41) is 10.8. The minimum absolute atomic E-state index is 0.158. The first-order valence-electron chi connectivity index (χ1n) is 5.47. The molecule has 0 aliphatic carbocycles. The van der Waals surface area contributed by atoms with E-state index in [1.165, 1.54) is 5.56 Å². The van der Waals surface area contributed by atoms with Crippen LogP contribution < -0.4 is 0 Å². The summed E-state index contributed by atoms with van der Waals surface area (Å²) in [6.07, 6.45) is 1.52. The number of aryl methyl sites for hydroxylation is 1. The van der Waals surface area contributed by atoms with Crippen LogP contribution in [-0.2, 0) is 0 Å². The number of hydrogen-bond donors (Lipinski definition) is 0. The summed E-state index contributed by atoms with van der Waals surface area (Å²) >= 11 is 1.58. The van der Waals surface area contributed by atoms with Gasteiger partial charge in [0.15, 0.2) is 0 Å². The van der Waals surface area contributed by atoms with Gasteiger partial charge in [-0.3, -0.25) is 10.1 Å². The molecule has 0 saturated carbocycles. The number of thioether (sulfide) groups is 1. The fourth-order valence-electron chi connectivity index (χ4n) is 1.49. The average molecular weight is 239 g/mol. The Morgan fingerprint density at radius 2 is 2.12 bits per heavy atom. The van der Waals surface area contributed by atoms with Crippen molar-refractivity contribution in [1.29, 1.82) is 0 Å². The third-order valence-corrected chi connectivity index (χ3v) is 3.77. The molecular formula is C12H17NO2S. The molecule has 0 N–H and O–H groups in total. The second kappa shape index (κ2) is 6.53. The van der Waals surface area contributed by atoms with Gasteiger partial charge in [-0.15, -0.1) is 11.8 Å². The largest absolute Gasteiger partial charge is 0.264 e. The molecule has 1 aromatic carbocycles. The van der Waals surface area contributed by atoms with Crippen molar-refractivity contribution in [3.05, 3.63) is 39.9 Å². The number of rotatable bonds is 6. The lowest BCUT2D eigenvalue weighted by Gasteiger charge is -2.09. The number of benzene rings is 1. The van der Waals surface area contributed by atoms with Gasteiger partial charge in [0.25, 0.3) is 0 Å². The second-order valence-corrected chi connectivity index (χ2v) is 4.87. The fraction of sp³-hybridized carbons (Fsp3) is 0.500. The van der Waals surface area contributed by atoms with E-state index in [2.05, 4.69) is 0 Å². The van der Waals surface area contributed by atoms with Crippen molar-refractivity contribution < 1.29 is 4.92 Å². The van der Waals surface area contributed by atoms with Gasteiger partial charge >= 0.3 is 0 Å². The van der Waals surface area contributed by atoms with Gasteiger partial charge in [-0.25, -0.2) is 0 Å². The summed E-state index contributed by atoms with van der Waals surface area (Å²) in [7, 11) is 0. The zero-order valence-electron chi connectivity index (χ0n) is 9.68. The summed E-state index contributed by atoms with van der Waals surface area (Å²) in [5.74, 6) is 0.561. The van der Waals surface area contributed by atoms with Crippen molar-refractivity contribution >= 4 is 11.8 Å². The molecule has 1 rings (SSSR count). The molecule has 0 aliphatic rings. The van der Waals surface area contributed by atoms with Crippen LogP contribution in [0.15, 0.2) is 29.2 Å². The Balaban J connectivity index is 2.55. The Morgan fingerprint density at radius 3 is 2.69 bits per heavy atom. The van der Waals surface area contributed by atoms with Crippen LogP contribution in [0.2, 0.25) is 0 Å². The highest BCUT2D eigenvalue weighted by Crippen LogP contribution is 2.23. The van der Waals surface area contributed by atoms with E-state index in [1.54, 1.807) is 11.8 Å². The number of nitro groups is 1. The Morgan fingerprint density at radius 1 is 1.44 bits per heavy atom. The van der Waals surface area contributed by atoms with Crippen LogP contribution in [0.5, 0.6) is 0 Å². The van der Waals surface area contributed by atoms with E-state index in [9.17, 15) is 10.1 Å². The van der Waals surface area contributed by atoms with Crippen LogP contribution in [0, 0.1) is 17.0 Å². The van der Waals surface area contributed by atoms with Crippen LogP contribution in [-0.4, -0.2) is 16.7 Å². The molecule has 1 aromatic rings. The lowest BCUT2D eigenvalue weighted by Crippen LogP contribution is -2.21. The van der Waals surface area contributed by atoms with Gasteiger partial charge in [-0.2, -0.15) is 0 Å². The Bertz CT molecular complexity index is 355. The monoisotopic (exact) mass is 239 g/mol. The molecule has 1 atom stereocenters. The Kier molecular flexibility index (Phi) is 5.32. The van der Waals surface area contributed by atoms with Gasteiger partial charge in [0.2, 0.25) is 6.04 Å². The quantitative estimate of drug-likeness (QED) is 0.433. The fourth-order valence-corrected chi connectivity index (χ4v) is 2.62. The van der Waals surface area contributed by atoms with Crippen molar-refractivity contribution in [3.63, 3.8) is 0 Å². The zero-order valence-corrected chi connectivity index (χ0v) is 10.5. The molecule has 0 fully saturated rings. The normalized spacial score (nSPS) is 12.4. The third-order valence-electron chi connectivity index (χ3n) is 2.44. The van der Waals surface area contributed by atoms with E-state index in [-0.39, 0.29) is 4.92 Å². The van der Waals surface area contributed by atoms with Gasteiger partial charge < -0.3 is 0 Å². The molecule has 0 aliphatic heterocycles. The van der Waals surface area contributed by atoms with Crippen molar-refractivity contribution in [3.8, 4) is 0 Å². The van der Waals surface area contributed by atoms with Crippen molar-refractivity contribution in [1.82, 2.24) is 0 Å². The predicted octanol–water partition coefficient (Wildman–Crippen LogP) is 3.53. The van der Waals surface area contributed by atoms with Gasteiger partial charge in [0.1, 0.15) is 0 Å². The standard InChI is InChI=1S/C12H17NO2S/c1-3-6-11(13(14)15)9-16-12-8-5-4-7-10(12)2/h4-5,7-8,11H,3,6,9H2,1-2H3. The van der Waals surface area contributed by atoms with Gasteiger partial charge in [-0.05, 0) is 25.0 Å². The van der Waals surface area contributed by atoms with Crippen LogP contribution in [0.4, 0.5) is 0 Å². The highest BCUT2D eigenvalue weighted by atomic mass is 32.2. The summed E-state index contributed by atoms with van der Waals surface area (Å²) in [6, 6.07) is 7.58. The maximum Gasteiger partial charge on any atom is 0.222 e. The Hall–Kier alpha value is -1.03. The van der Waals surface area contributed by atoms with Crippen molar-refractivity contribution in [2.24, 2.45) is 0 Å². The maximum absolute atomic E-state index is 10.8. The van der Waals surface area contributed by atoms with Crippen LogP contribution in [0.1, 0.15) is 25.3 Å². The van der Waals surface area contributed by atoms with Crippen LogP contribution >= 0.6 is 11.8 Å². The molecular weight excluding hydrogens is 222 g/mol. The molecule has 4 heteroatoms. The molecule has 0 heterocycles. The summed E-state index contributed by atoms with van der Waals surface area (Å²) in [6.45, 7) is 4.01. The lowest BCUT2D eigenvalue weighted by atomic mass is 10.2. The number of nitrogens with zero attached hydrogens (tertiary/aromatic N) is 1. The summed E-state index contributed by atoms with van der Waals surface area (Å²) < 4.78 is 0. The van der Waals surface area contributed by atoms with E-state index < -0.39 is 6.04 Å². The molecule has 16 heavy (non-hydrogen) atoms. The van der Waals surface area contributed by atoms with E-state index in [0.29, 0.717) is 12.2 Å². The molecule has 0 spiro atoms. The molecule has 0 saturated heterocycles. The highest BCUT2D eigenvalue weighted by molar-refractivity contribution is 7.99. The van der Waals surface area contributed by atoms with E-state index >= 15 is 0 Å². The lowest BCUT2D eigenvalue weighted by molar-refractivity contribution is -0.517. The molecule has 1 unspecified atom stereocenters. The molecule has 0 amide bonds. The first-order chi connectivity index (χ1) is 7.65. The molecule has 0 bridgehead atoms. The van der Waals surface area contributed by atoms with E-state index in [0.717, 1.165) is 11.3 Å². The molecule has 88 valence electrons. The minimum Gasteiger partial charge on any atom is -0.264 e. The van der Waals surface area contributed by atoms with Gasteiger partial charge in [0.05, 0.1) is 5.75 Å². The van der Waals surface area contributed by atoms with Crippen molar-refractivity contribution in [2.45, 2.75) is 37.6 Å². The minimum atomic E-state index is -0.422. The van der Waals surface area contributed by atoms with E-state index in [1.807, 2.05) is 38.1 Å². The van der Waals surface area contributed by atoms with Gasteiger partial charge in [-0.1, -0.05) is 25.1 Å².